The number of pyridine rings is 1. The van der Waals surface area contributed by atoms with Gasteiger partial charge >= 0.3 is 5.97 Å². The van der Waals surface area contributed by atoms with Crippen molar-refractivity contribution in [3.05, 3.63) is 125 Å². The minimum Gasteiger partial charge on any atom is -0.481 e. The number of rotatable bonds is 16. The summed E-state index contributed by atoms with van der Waals surface area (Å²) in [5.74, 6) is -0.928. The van der Waals surface area contributed by atoms with Crippen LogP contribution in [0.3, 0.4) is 0 Å². The third-order valence-corrected chi connectivity index (χ3v) is 8.56. The number of aliphatic hydroxyl groups is 1. The lowest BCUT2D eigenvalue weighted by atomic mass is 9.98. The van der Waals surface area contributed by atoms with E-state index in [1.807, 2.05) is 79.0 Å². The molecule has 3 N–H and O–H groups in total. The van der Waals surface area contributed by atoms with Crippen LogP contribution in [0.1, 0.15) is 72.4 Å². The number of carboxylic acid groups (broad SMARTS) is 1. The molecule has 1 amide bonds. The maximum atomic E-state index is 12.3. The van der Waals surface area contributed by atoms with Crippen molar-refractivity contribution < 1.29 is 29.3 Å². The van der Waals surface area contributed by atoms with Crippen LogP contribution in [0.25, 0.3) is 11.1 Å². The van der Waals surface area contributed by atoms with E-state index >= 15 is 0 Å². The van der Waals surface area contributed by atoms with Crippen LogP contribution in [-0.4, -0.2) is 58.2 Å². The van der Waals surface area contributed by atoms with Crippen LogP contribution < -0.4 is 5.32 Å². The monoisotopic (exact) mass is 651 g/mol. The molecule has 0 spiro atoms. The summed E-state index contributed by atoms with van der Waals surface area (Å²) < 4.78 is 13.2. The number of aliphatic hydroxyl groups excluding tert-OH is 1. The number of nitrogens with one attached hydrogen (secondary N) is 1. The second-order valence-corrected chi connectivity index (χ2v) is 12.4. The zero-order valence-electron chi connectivity index (χ0n) is 27.5. The van der Waals surface area contributed by atoms with Gasteiger partial charge in [-0.25, -0.2) is 0 Å². The average Bonchev–Trinajstić information content (AvgIpc) is 3.12. The van der Waals surface area contributed by atoms with Gasteiger partial charge in [0.1, 0.15) is 0 Å². The number of unbranched alkanes of at least 4 members (excludes halogenated alkanes) is 1. The topological polar surface area (TPSA) is 121 Å². The zero-order valence-corrected chi connectivity index (χ0v) is 27.5. The van der Waals surface area contributed by atoms with Crippen molar-refractivity contribution in [2.45, 2.75) is 70.2 Å². The highest BCUT2D eigenvalue weighted by Gasteiger charge is 2.33. The number of nitrogens with zero attached hydrogens (tertiary/aromatic N) is 2. The van der Waals surface area contributed by atoms with Crippen molar-refractivity contribution in [2.75, 3.05) is 20.1 Å². The van der Waals surface area contributed by atoms with Crippen molar-refractivity contribution in [1.82, 2.24) is 15.2 Å². The quantitative estimate of drug-likeness (QED) is 0.122. The van der Waals surface area contributed by atoms with Crippen molar-refractivity contribution in [3.63, 3.8) is 0 Å². The number of hydrogen-bond acceptors (Lipinski definition) is 7. The van der Waals surface area contributed by atoms with E-state index in [1.165, 1.54) is 0 Å². The first-order chi connectivity index (χ1) is 23.4. The Morgan fingerprint density at radius 2 is 1.65 bits per heavy atom. The van der Waals surface area contributed by atoms with Gasteiger partial charge in [0, 0.05) is 62.8 Å². The van der Waals surface area contributed by atoms with E-state index < -0.39 is 12.3 Å². The molecule has 1 aromatic heterocycles. The summed E-state index contributed by atoms with van der Waals surface area (Å²) in [4.78, 5) is 29.7. The van der Waals surface area contributed by atoms with E-state index in [9.17, 15) is 14.7 Å². The fraction of sp³-hybridized carbons (Fsp3) is 0.359. The van der Waals surface area contributed by atoms with Gasteiger partial charge in [-0.3, -0.25) is 14.6 Å². The number of carbonyl (C=O) groups is 2. The van der Waals surface area contributed by atoms with Crippen molar-refractivity contribution in [2.24, 2.45) is 0 Å². The SMILES string of the molecule is CN(CCc1ccccn1)C[C@H]1C[C@@H](c2ccc(CO)cc2)O[C@@H](c2cccc(-c3cccc(CNC(=O)CCCCC(=O)O)c3)c2)O1. The number of benzene rings is 3. The molecule has 0 saturated carbocycles. The van der Waals surface area contributed by atoms with Gasteiger partial charge in [-0.2, -0.15) is 0 Å². The van der Waals surface area contributed by atoms with Gasteiger partial charge in [0.2, 0.25) is 5.91 Å². The summed E-state index contributed by atoms with van der Waals surface area (Å²) in [7, 11) is 2.11. The lowest BCUT2D eigenvalue weighted by molar-refractivity contribution is -0.252. The highest BCUT2D eigenvalue weighted by molar-refractivity contribution is 5.76. The molecule has 4 aromatic rings. The van der Waals surface area contributed by atoms with Crippen LogP contribution in [0.4, 0.5) is 0 Å². The molecule has 0 unspecified atom stereocenters. The predicted octanol–water partition coefficient (Wildman–Crippen LogP) is 6.22. The molecular formula is C39H45N3O6. The summed E-state index contributed by atoms with van der Waals surface area (Å²) in [6, 6.07) is 30.2. The first-order valence-electron chi connectivity index (χ1n) is 16.6. The molecule has 9 heteroatoms. The predicted molar refractivity (Wildman–Crippen MR) is 184 cm³/mol. The highest BCUT2D eigenvalue weighted by Crippen LogP contribution is 2.39. The lowest BCUT2D eigenvalue weighted by Gasteiger charge is -2.38. The summed E-state index contributed by atoms with van der Waals surface area (Å²) >= 11 is 0. The van der Waals surface area contributed by atoms with Crippen LogP contribution >= 0.6 is 0 Å². The Balaban J connectivity index is 1.27. The molecule has 2 heterocycles. The van der Waals surface area contributed by atoms with E-state index in [-0.39, 0.29) is 31.1 Å². The Morgan fingerprint density at radius 3 is 2.40 bits per heavy atom. The second-order valence-electron chi connectivity index (χ2n) is 12.4. The molecule has 3 aromatic carbocycles. The van der Waals surface area contributed by atoms with Gasteiger partial charge in [0.15, 0.2) is 6.29 Å². The number of hydrogen-bond donors (Lipinski definition) is 3. The summed E-state index contributed by atoms with van der Waals surface area (Å²) in [6.07, 6.45) is 3.99. The van der Waals surface area contributed by atoms with Gasteiger partial charge in [0.25, 0.3) is 0 Å². The van der Waals surface area contributed by atoms with E-state index in [0.717, 1.165) is 58.6 Å². The first kappa shape index (κ1) is 34.9. The second kappa shape index (κ2) is 17.7. The van der Waals surface area contributed by atoms with Gasteiger partial charge in [0.05, 0.1) is 18.8 Å². The first-order valence-corrected chi connectivity index (χ1v) is 16.6. The van der Waals surface area contributed by atoms with E-state index in [4.69, 9.17) is 14.6 Å². The number of amides is 1. The maximum absolute atomic E-state index is 12.3. The molecule has 1 aliphatic rings. The molecule has 3 atom stereocenters. The summed E-state index contributed by atoms with van der Waals surface area (Å²) in [5, 5.41) is 21.3. The molecule has 48 heavy (non-hydrogen) atoms. The lowest BCUT2D eigenvalue weighted by Crippen LogP contribution is -2.38. The fourth-order valence-corrected chi connectivity index (χ4v) is 5.90. The zero-order chi connectivity index (χ0) is 33.7. The summed E-state index contributed by atoms with van der Waals surface area (Å²) in [5.41, 5.74) is 6.90. The molecule has 0 radical (unpaired) electrons. The number of carbonyl (C=O) groups excluding carboxylic acids is 1. The minimum absolute atomic E-state index is 0.00378. The normalized spacial score (nSPS) is 17.7. The van der Waals surface area contributed by atoms with Crippen LogP contribution in [0.2, 0.25) is 0 Å². The maximum Gasteiger partial charge on any atom is 0.303 e. The molecule has 0 aliphatic carbocycles. The summed E-state index contributed by atoms with van der Waals surface area (Å²) in [6.45, 7) is 1.99. The van der Waals surface area contributed by atoms with Gasteiger partial charge in [-0.1, -0.05) is 66.7 Å². The van der Waals surface area contributed by atoms with Gasteiger partial charge in [-0.05, 0) is 72.0 Å². The van der Waals surface area contributed by atoms with E-state index in [0.29, 0.717) is 32.2 Å². The average molecular weight is 652 g/mol. The molecule has 252 valence electrons. The largest absolute Gasteiger partial charge is 0.481 e. The molecular weight excluding hydrogens is 606 g/mol. The number of carboxylic acids is 1. The van der Waals surface area contributed by atoms with Gasteiger partial charge in [-0.15, -0.1) is 0 Å². The Hall–Kier alpha value is -4.41. The van der Waals surface area contributed by atoms with Crippen LogP contribution in [-0.2, 0) is 38.6 Å². The smallest absolute Gasteiger partial charge is 0.303 e. The Bertz CT molecular complexity index is 1610. The van der Waals surface area contributed by atoms with Gasteiger partial charge < -0.3 is 29.9 Å². The molecule has 5 rings (SSSR count). The fourth-order valence-electron chi connectivity index (χ4n) is 5.90. The van der Waals surface area contributed by atoms with Crippen molar-refractivity contribution in [3.8, 4) is 11.1 Å². The van der Waals surface area contributed by atoms with Crippen LogP contribution in [0, 0.1) is 0 Å². The van der Waals surface area contributed by atoms with Crippen LogP contribution in [0.15, 0.2) is 97.2 Å². The number of aromatic nitrogens is 1. The van der Waals surface area contributed by atoms with Crippen molar-refractivity contribution in [1.29, 1.82) is 0 Å². The standard InChI is InChI=1S/C39H45N3O6/c1-42(21-19-34-12-4-5-20-40-34)26-35-24-36(30-17-15-28(27-43)16-18-30)48-39(47-35)33-11-7-10-32(23-33)31-9-6-8-29(22-31)25-41-37(44)13-2-3-14-38(45)46/h4-12,15-18,20,22-23,35-36,39,43H,2-3,13-14,19,21,24-27H2,1H3,(H,41,44)(H,45,46)/t35-,36+,39+/m1/s1. The third kappa shape index (κ3) is 10.6. The minimum atomic E-state index is -0.842. The van der Waals surface area contributed by atoms with E-state index in [1.54, 1.807) is 0 Å². The molecule has 1 saturated heterocycles. The van der Waals surface area contributed by atoms with E-state index in [2.05, 4.69) is 40.4 Å². The Kier molecular flexibility index (Phi) is 12.8. The van der Waals surface area contributed by atoms with Crippen molar-refractivity contribution >= 4 is 11.9 Å². The third-order valence-electron chi connectivity index (χ3n) is 8.56. The molecule has 0 bridgehead atoms. The van der Waals surface area contributed by atoms with Crippen LogP contribution in [0.5, 0.6) is 0 Å². The molecule has 1 fully saturated rings. The molecule has 9 nitrogen and oxygen atoms in total. The molecule has 1 aliphatic heterocycles. The number of aliphatic carboxylic acids is 1. The number of likely N-dealkylation sites (N-methyl/N-ethyl adjacent to an activating group) is 1. The Labute approximate surface area is 282 Å². The Morgan fingerprint density at radius 1 is 0.875 bits per heavy atom. The number of ether oxygens (including phenoxy) is 2. The highest BCUT2D eigenvalue weighted by atomic mass is 16.7.